The topological polar surface area (TPSA) is 41.6 Å². The normalized spacial score (nSPS) is 11.0. The highest BCUT2D eigenvalue weighted by Gasteiger charge is 2.06. The van der Waals surface area contributed by atoms with Gasteiger partial charge >= 0.3 is 0 Å². The van der Waals surface area contributed by atoms with Crippen molar-refractivity contribution in [1.82, 2.24) is 14.3 Å². The van der Waals surface area contributed by atoms with Crippen molar-refractivity contribution in [1.29, 1.82) is 0 Å². The van der Waals surface area contributed by atoms with E-state index in [4.69, 9.17) is 0 Å². The lowest BCUT2D eigenvalue weighted by molar-refractivity contribution is 0.630. The predicted octanol–water partition coefficient (Wildman–Crippen LogP) is 2.83. The van der Waals surface area contributed by atoms with Gasteiger partial charge in [-0.05, 0) is 35.8 Å². The number of hydrogen-bond acceptors (Lipinski definition) is 3. The summed E-state index contributed by atoms with van der Waals surface area (Å²) in [5.74, 6) is -0.231. The number of nitrogens with one attached hydrogen (secondary N) is 1. The molecule has 3 rings (SSSR count). The number of fused-ring (bicyclic) bond motifs is 1. The van der Waals surface area contributed by atoms with Crippen LogP contribution in [0.3, 0.4) is 0 Å². The lowest BCUT2D eigenvalue weighted by Gasteiger charge is -1.88. The molecule has 1 N–H and O–H groups in total. The summed E-state index contributed by atoms with van der Waals surface area (Å²) in [6, 6.07) is 6.52. The van der Waals surface area contributed by atoms with E-state index in [2.05, 4.69) is 14.3 Å². The van der Waals surface area contributed by atoms with E-state index in [0.29, 0.717) is 0 Å². The zero-order valence-electron chi connectivity index (χ0n) is 7.57. The van der Waals surface area contributed by atoms with Crippen molar-refractivity contribution in [3.8, 4) is 10.7 Å². The zero-order valence-corrected chi connectivity index (χ0v) is 8.38. The van der Waals surface area contributed by atoms with Crippen LogP contribution < -0.4 is 0 Å². The molecular weight excluding hydrogens is 213 g/mol. The molecule has 0 amide bonds. The molecule has 0 atom stereocenters. The number of rotatable bonds is 1. The highest BCUT2D eigenvalue weighted by atomic mass is 32.1. The summed E-state index contributed by atoms with van der Waals surface area (Å²) >= 11 is 1.31. The maximum Gasteiger partial charge on any atom is 0.159 e. The fourth-order valence-corrected chi connectivity index (χ4v) is 2.01. The molecule has 0 unspecified atom stereocenters. The Bertz CT molecular complexity index is 600. The molecule has 5 heteroatoms. The van der Waals surface area contributed by atoms with Crippen LogP contribution in [-0.2, 0) is 0 Å². The molecular formula is C10H6FN3S. The molecule has 0 aliphatic heterocycles. The maximum absolute atomic E-state index is 12.9. The Kier molecular flexibility index (Phi) is 1.78. The summed E-state index contributed by atoms with van der Waals surface area (Å²) < 4.78 is 16.9. The van der Waals surface area contributed by atoms with Gasteiger partial charge in [-0.1, -0.05) is 0 Å². The van der Waals surface area contributed by atoms with Crippen molar-refractivity contribution in [2.45, 2.75) is 0 Å². The number of aromatic amines is 1. The zero-order chi connectivity index (χ0) is 10.3. The lowest BCUT2D eigenvalue weighted by Crippen LogP contribution is -1.73. The quantitative estimate of drug-likeness (QED) is 0.683. The molecule has 0 radical (unpaired) electrons. The highest BCUT2D eigenvalue weighted by molar-refractivity contribution is 7.09. The Balaban J connectivity index is 2.22. The first-order chi connectivity index (χ1) is 7.33. The van der Waals surface area contributed by atoms with E-state index in [1.165, 1.54) is 30.0 Å². The average Bonchev–Trinajstić information content (AvgIpc) is 2.84. The summed E-state index contributed by atoms with van der Waals surface area (Å²) in [4.78, 5) is 7.25. The highest BCUT2D eigenvalue weighted by Crippen LogP contribution is 2.24. The van der Waals surface area contributed by atoms with Crippen LogP contribution in [0.2, 0.25) is 0 Å². The van der Waals surface area contributed by atoms with Gasteiger partial charge in [0, 0.05) is 10.9 Å². The molecule has 15 heavy (non-hydrogen) atoms. The van der Waals surface area contributed by atoms with Crippen LogP contribution >= 0.6 is 11.5 Å². The monoisotopic (exact) mass is 219 g/mol. The van der Waals surface area contributed by atoms with Crippen molar-refractivity contribution >= 4 is 22.4 Å². The number of benzene rings is 1. The van der Waals surface area contributed by atoms with Crippen molar-refractivity contribution in [3.63, 3.8) is 0 Å². The molecule has 2 heterocycles. The van der Waals surface area contributed by atoms with E-state index in [1.54, 1.807) is 6.07 Å². The van der Waals surface area contributed by atoms with Crippen LogP contribution in [0.4, 0.5) is 4.39 Å². The molecule has 0 saturated carbocycles. The van der Waals surface area contributed by atoms with Crippen molar-refractivity contribution < 1.29 is 4.39 Å². The van der Waals surface area contributed by atoms with Crippen LogP contribution in [0.1, 0.15) is 0 Å². The number of H-pyrrole nitrogens is 1. The van der Waals surface area contributed by atoms with Gasteiger partial charge in [-0.15, -0.1) is 0 Å². The van der Waals surface area contributed by atoms with Gasteiger partial charge in [-0.25, -0.2) is 9.37 Å². The van der Waals surface area contributed by atoms with Gasteiger partial charge in [0.2, 0.25) is 0 Å². The van der Waals surface area contributed by atoms with Crippen LogP contribution in [-0.4, -0.2) is 14.3 Å². The van der Waals surface area contributed by atoms with Gasteiger partial charge in [0.1, 0.15) is 12.1 Å². The molecule has 0 aliphatic rings. The van der Waals surface area contributed by atoms with E-state index >= 15 is 0 Å². The molecule has 0 spiro atoms. The first-order valence-corrected chi connectivity index (χ1v) is 5.15. The molecule has 74 valence electrons. The molecule has 2 aromatic heterocycles. The molecule has 0 bridgehead atoms. The molecule has 0 aliphatic carbocycles. The minimum Gasteiger partial charge on any atom is -0.353 e. The largest absolute Gasteiger partial charge is 0.353 e. The van der Waals surface area contributed by atoms with Gasteiger partial charge in [0.15, 0.2) is 5.01 Å². The molecule has 0 fully saturated rings. The van der Waals surface area contributed by atoms with Gasteiger partial charge in [0.25, 0.3) is 0 Å². The van der Waals surface area contributed by atoms with Crippen LogP contribution in [0.25, 0.3) is 21.6 Å². The Labute approximate surface area is 88.8 Å². The van der Waals surface area contributed by atoms with E-state index in [1.807, 2.05) is 6.07 Å². The fourth-order valence-electron chi connectivity index (χ4n) is 1.51. The first-order valence-electron chi connectivity index (χ1n) is 4.38. The maximum atomic E-state index is 12.9. The van der Waals surface area contributed by atoms with Crippen molar-refractivity contribution in [2.75, 3.05) is 0 Å². The van der Waals surface area contributed by atoms with E-state index < -0.39 is 0 Å². The predicted molar refractivity (Wildman–Crippen MR) is 57.2 cm³/mol. The lowest BCUT2D eigenvalue weighted by atomic mass is 10.2. The average molecular weight is 219 g/mol. The standard InChI is InChI=1S/C10H6FN3S/c11-7-1-2-8-6(3-7)4-9(14-8)10-12-5-13-15-10/h1-5,14H. The second-order valence-corrected chi connectivity index (χ2v) is 3.94. The van der Waals surface area contributed by atoms with Gasteiger partial charge in [0.05, 0.1) is 5.69 Å². The molecule has 3 aromatic rings. The molecule has 0 saturated heterocycles. The smallest absolute Gasteiger partial charge is 0.159 e. The second kappa shape index (κ2) is 3.13. The Morgan fingerprint density at radius 3 is 3.00 bits per heavy atom. The number of nitrogens with zero attached hydrogens (tertiary/aromatic N) is 2. The summed E-state index contributed by atoms with van der Waals surface area (Å²) in [5.41, 5.74) is 1.78. The van der Waals surface area contributed by atoms with E-state index in [9.17, 15) is 4.39 Å². The molecule has 3 nitrogen and oxygen atoms in total. The minimum atomic E-state index is -0.231. The third-order valence-corrected chi connectivity index (χ3v) is 2.87. The fraction of sp³-hybridized carbons (Fsp3) is 0. The SMILES string of the molecule is Fc1ccc2[nH]c(-c3ncns3)cc2c1. The Morgan fingerprint density at radius 1 is 1.27 bits per heavy atom. The van der Waals surface area contributed by atoms with E-state index in [0.717, 1.165) is 21.6 Å². The Hall–Kier alpha value is -1.75. The first kappa shape index (κ1) is 8.55. The number of aromatic nitrogens is 3. The van der Waals surface area contributed by atoms with Crippen molar-refractivity contribution in [2.24, 2.45) is 0 Å². The second-order valence-electron chi connectivity index (χ2n) is 3.16. The summed E-state index contributed by atoms with van der Waals surface area (Å²) in [7, 11) is 0. The third-order valence-electron chi connectivity index (χ3n) is 2.17. The van der Waals surface area contributed by atoms with Crippen LogP contribution in [0, 0.1) is 5.82 Å². The van der Waals surface area contributed by atoms with E-state index in [-0.39, 0.29) is 5.82 Å². The number of hydrogen-bond donors (Lipinski definition) is 1. The summed E-state index contributed by atoms with van der Waals surface area (Å²) in [5, 5.41) is 1.66. The summed E-state index contributed by atoms with van der Waals surface area (Å²) in [6.45, 7) is 0. The van der Waals surface area contributed by atoms with Crippen molar-refractivity contribution in [3.05, 3.63) is 36.4 Å². The third kappa shape index (κ3) is 1.41. The minimum absolute atomic E-state index is 0.231. The van der Waals surface area contributed by atoms with Gasteiger partial charge in [-0.3, -0.25) is 0 Å². The van der Waals surface area contributed by atoms with Gasteiger partial charge in [-0.2, -0.15) is 4.37 Å². The van der Waals surface area contributed by atoms with Crippen LogP contribution in [0.5, 0.6) is 0 Å². The Morgan fingerprint density at radius 2 is 2.20 bits per heavy atom. The summed E-state index contributed by atoms with van der Waals surface area (Å²) in [6.07, 6.45) is 1.51. The number of halogens is 1. The van der Waals surface area contributed by atoms with Crippen LogP contribution in [0.15, 0.2) is 30.6 Å². The molecule has 1 aromatic carbocycles. The van der Waals surface area contributed by atoms with Gasteiger partial charge < -0.3 is 4.98 Å².